The summed E-state index contributed by atoms with van der Waals surface area (Å²) in [5.41, 5.74) is 7.06. The molecule has 0 aliphatic carbocycles. The Morgan fingerprint density at radius 1 is 1.25 bits per heavy atom. The fourth-order valence-corrected chi connectivity index (χ4v) is 1.70. The standard InChI is InChI=1S/C10H9N5O/c1-15-7-5-3-2-4-6(7)8(14-15)9-12-13-10(11)16-9/h2-5H,1H3,(H2,11,13). The van der Waals surface area contributed by atoms with E-state index in [1.165, 1.54) is 0 Å². The summed E-state index contributed by atoms with van der Waals surface area (Å²) in [6.07, 6.45) is 0. The monoisotopic (exact) mass is 215 g/mol. The third-order valence-electron chi connectivity index (χ3n) is 2.40. The van der Waals surface area contributed by atoms with Crippen LogP contribution in [0.5, 0.6) is 0 Å². The highest BCUT2D eigenvalue weighted by Gasteiger charge is 2.15. The minimum atomic E-state index is 0.0461. The Morgan fingerprint density at radius 3 is 2.81 bits per heavy atom. The Labute approximate surface area is 90.7 Å². The normalized spacial score (nSPS) is 11.1. The van der Waals surface area contributed by atoms with Gasteiger partial charge in [0.25, 0.3) is 5.89 Å². The number of aromatic nitrogens is 4. The SMILES string of the molecule is Cn1nc(-c2nnc(N)o2)c2ccccc21. The van der Waals surface area contributed by atoms with Gasteiger partial charge in [-0.25, -0.2) is 0 Å². The average Bonchev–Trinajstić information content (AvgIpc) is 2.84. The number of fused-ring (bicyclic) bond motifs is 1. The van der Waals surface area contributed by atoms with E-state index in [1.54, 1.807) is 4.68 Å². The number of nitrogens with zero attached hydrogens (tertiary/aromatic N) is 4. The molecule has 80 valence electrons. The summed E-state index contributed by atoms with van der Waals surface area (Å²) in [6, 6.07) is 7.87. The van der Waals surface area contributed by atoms with Crippen molar-refractivity contribution in [3.63, 3.8) is 0 Å². The first kappa shape index (κ1) is 8.90. The van der Waals surface area contributed by atoms with Crippen molar-refractivity contribution < 1.29 is 4.42 Å². The van der Waals surface area contributed by atoms with E-state index in [0.717, 1.165) is 10.9 Å². The maximum Gasteiger partial charge on any atom is 0.313 e. The van der Waals surface area contributed by atoms with Gasteiger partial charge in [-0.15, -0.1) is 5.10 Å². The topological polar surface area (TPSA) is 82.8 Å². The Hall–Kier alpha value is -2.37. The summed E-state index contributed by atoms with van der Waals surface area (Å²) in [5.74, 6) is 0.342. The van der Waals surface area contributed by atoms with Crippen LogP contribution < -0.4 is 5.73 Å². The molecule has 2 N–H and O–H groups in total. The second-order valence-corrected chi connectivity index (χ2v) is 3.43. The lowest BCUT2D eigenvalue weighted by Gasteiger charge is -1.90. The van der Waals surface area contributed by atoms with E-state index >= 15 is 0 Å². The highest BCUT2D eigenvalue weighted by atomic mass is 16.4. The summed E-state index contributed by atoms with van der Waals surface area (Å²) in [7, 11) is 1.87. The molecule has 0 unspecified atom stereocenters. The Morgan fingerprint density at radius 2 is 2.06 bits per heavy atom. The van der Waals surface area contributed by atoms with Crippen molar-refractivity contribution in [1.82, 2.24) is 20.0 Å². The number of hydrogen-bond acceptors (Lipinski definition) is 5. The zero-order chi connectivity index (χ0) is 11.1. The van der Waals surface area contributed by atoms with Crippen LogP contribution >= 0.6 is 0 Å². The van der Waals surface area contributed by atoms with Crippen LogP contribution in [0.1, 0.15) is 0 Å². The van der Waals surface area contributed by atoms with Crippen LogP contribution in [0, 0.1) is 0 Å². The van der Waals surface area contributed by atoms with Crippen molar-refractivity contribution in [3.05, 3.63) is 24.3 Å². The van der Waals surface area contributed by atoms with E-state index in [1.807, 2.05) is 31.3 Å². The molecule has 2 aromatic heterocycles. The molecular weight excluding hydrogens is 206 g/mol. The zero-order valence-electron chi connectivity index (χ0n) is 8.58. The lowest BCUT2D eigenvalue weighted by Crippen LogP contribution is -1.89. The van der Waals surface area contributed by atoms with Gasteiger partial charge in [0, 0.05) is 12.4 Å². The first-order chi connectivity index (χ1) is 7.75. The predicted molar refractivity (Wildman–Crippen MR) is 58.4 cm³/mol. The number of benzene rings is 1. The molecule has 16 heavy (non-hydrogen) atoms. The van der Waals surface area contributed by atoms with E-state index in [2.05, 4.69) is 15.3 Å². The average molecular weight is 215 g/mol. The summed E-state index contributed by atoms with van der Waals surface area (Å²) < 4.78 is 6.94. The number of aryl methyl sites for hydroxylation is 1. The van der Waals surface area contributed by atoms with Crippen LogP contribution in [0.2, 0.25) is 0 Å². The number of para-hydroxylation sites is 1. The largest absolute Gasteiger partial charge is 0.402 e. The van der Waals surface area contributed by atoms with Crippen LogP contribution in [0.3, 0.4) is 0 Å². The molecule has 3 rings (SSSR count). The third-order valence-corrected chi connectivity index (χ3v) is 2.40. The fraction of sp³-hybridized carbons (Fsp3) is 0.100. The van der Waals surface area contributed by atoms with Crippen molar-refractivity contribution in [2.75, 3.05) is 5.73 Å². The van der Waals surface area contributed by atoms with E-state index in [-0.39, 0.29) is 6.01 Å². The molecule has 2 heterocycles. The fourth-order valence-electron chi connectivity index (χ4n) is 1.70. The molecule has 0 radical (unpaired) electrons. The van der Waals surface area contributed by atoms with Crippen LogP contribution in [0.15, 0.2) is 28.7 Å². The molecule has 6 heteroatoms. The van der Waals surface area contributed by atoms with Gasteiger partial charge in [0.15, 0.2) is 5.69 Å². The molecule has 0 saturated heterocycles. The Balaban J connectivity index is 2.32. The number of hydrogen-bond donors (Lipinski definition) is 1. The summed E-state index contributed by atoms with van der Waals surface area (Å²) in [4.78, 5) is 0. The van der Waals surface area contributed by atoms with Crippen molar-refractivity contribution in [1.29, 1.82) is 0 Å². The third kappa shape index (κ3) is 1.16. The molecule has 0 bridgehead atoms. The maximum absolute atomic E-state index is 5.39. The van der Waals surface area contributed by atoms with Gasteiger partial charge in [-0.3, -0.25) is 4.68 Å². The van der Waals surface area contributed by atoms with Gasteiger partial charge in [0.1, 0.15) is 0 Å². The minimum Gasteiger partial charge on any atom is -0.402 e. The van der Waals surface area contributed by atoms with Gasteiger partial charge < -0.3 is 10.2 Å². The Bertz CT molecular complexity index is 654. The van der Waals surface area contributed by atoms with Crippen LogP contribution in [-0.2, 0) is 7.05 Å². The van der Waals surface area contributed by atoms with Gasteiger partial charge in [-0.05, 0) is 6.07 Å². The molecule has 0 spiro atoms. The second-order valence-electron chi connectivity index (χ2n) is 3.43. The Kier molecular flexibility index (Phi) is 1.70. The molecular formula is C10H9N5O. The molecule has 6 nitrogen and oxygen atoms in total. The quantitative estimate of drug-likeness (QED) is 0.659. The summed E-state index contributed by atoms with van der Waals surface area (Å²) in [6.45, 7) is 0. The minimum absolute atomic E-state index is 0.0461. The van der Waals surface area contributed by atoms with Crippen LogP contribution in [0.4, 0.5) is 6.01 Å². The van der Waals surface area contributed by atoms with Gasteiger partial charge >= 0.3 is 6.01 Å². The number of anilines is 1. The highest BCUT2D eigenvalue weighted by molar-refractivity contribution is 5.91. The van der Waals surface area contributed by atoms with Crippen molar-refractivity contribution in [3.8, 4) is 11.6 Å². The first-order valence-corrected chi connectivity index (χ1v) is 4.77. The molecule has 0 amide bonds. The van der Waals surface area contributed by atoms with Gasteiger partial charge in [-0.2, -0.15) is 5.10 Å². The summed E-state index contributed by atoms with van der Waals surface area (Å²) >= 11 is 0. The highest BCUT2D eigenvalue weighted by Crippen LogP contribution is 2.26. The lowest BCUT2D eigenvalue weighted by atomic mass is 10.2. The number of nitrogens with two attached hydrogens (primary N) is 1. The van der Waals surface area contributed by atoms with Gasteiger partial charge in [-0.1, -0.05) is 23.3 Å². The van der Waals surface area contributed by atoms with Gasteiger partial charge in [0.2, 0.25) is 0 Å². The maximum atomic E-state index is 5.39. The van der Waals surface area contributed by atoms with Crippen molar-refractivity contribution in [2.45, 2.75) is 0 Å². The zero-order valence-corrected chi connectivity index (χ0v) is 8.58. The lowest BCUT2D eigenvalue weighted by molar-refractivity contribution is 0.586. The number of rotatable bonds is 1. The molecule has 0 aliphatic rings. The molecule has 0 saturated carbocycles. The number of nitrogen functional groups attached to an aromatic ring is 1. The van der Waals surface area contributed by atoms with Crippen molar-refractivity contribution in [2.24, 2.45) is 7.05 Å². The first-order valence-electron chi connectivity index (χ1n) is 4.77. The molecule has 3 aromatic rings. The predicted octanol–water partition coefficient (Wildman–Crippen LogP) is 1.21. The molecule has 0 atom stereocenters. The van der Waals surface area contributed by atoms with Gasteiger partial charge in [0.05, 0.1) is 5.52 Å². The second kappa shape index (κ2) is 3.06. The van der Waals surface area contributed by atoms with E-state index in [9.17, 15) is 0 Å². The van der Waals surface area contributed by atoms with E-state index in [4.69, 9.17) is 10.2 Å². The smallest absolute Gasteiger partial charge is 0.313 e. The van der Waals surface area contributed by atoms with Crippen LogP contribution in [0.25, 0.3) is 22.5 Å². The molecule has 1 aromatic carbocycles. The van der Waals surface area contributed by atoms with Crippen LogP contribution in [-0.4, -0.2) is 20.0 Å². The van der Waals surface area contributed by atoms with E-state index in [0.29, 0.717) is 11.6 Å². The van der Waals surface area contributed by atoms with E-state index < -0.39 is 0 Å². The molecule has 0 aliphatic heterocycles. The van der Waals surface area contributed by atoms with Crippen molar-refractivity contribution >= 4 is 16.9 Å². The summed E-state index contributed by atoms with van der Waals surface area (Å²) in [5, 5.41) is 12.8. The molecule has 0 fully saturated rings.